The lowest BCUT2D eigenvalue weighted by atomic mass is 10.3. The second-order valence-electron chi connectivity index (χ2n) is 5.30. The molecule has 1 saturated heterocycles. The van der Waals surface area contributed by atoms with Crippen LogP contribution in [0.1, 0.15) is 28.2 Å². The highest BCUT2D eigenvalue weighted by Crippen LogP contribution is 2.31. The predicted molar refractivity (Wildman–Crippen MR) is 86.5 cm³/mol. The van der Waals surface area contributed by atoms with E-state index in [0.717, 1.165) is 47.3 Å². The lowest BCUT2D eigenvalue weighted by Crippen LogP contribution is -2.27. The Bertz CT molecular complexity index is 632. The van der Waals surface area contributed by atoms with Crippen LogP contribution in [-0.4, -0.2) is 35.9 Å². The Morgan fingerprint density at radius 1 is 1.24 bits per heavy atom. The molecule has 21 heavy (non-hydrogen) atoms. The van der Waals surface area contributed by atoms with Crippen LogP contribution >= 0.6 is 11.3 Å². The molecule has 0 saturated carbocycles. The van der Waals surface area contributed by atoms with E-state index in [1.54, 1.807) is 0 Å². The molecule has 1 amide bonds. The highest BCUT2D eigenvalue weighted by atomic mass is 32.1. The number of rotatable bonds is 3. The topological polar surface area (TPSA) is 36.4 Å². The minimum absolute atomic E-state index is 0.134. The minimum atomic E-state index is 0.134. The van der Waals surface area contributed by atoms with Gasteiger partial charge in [0.25, 0.3) is 5.91 Å². The number of carbonyl (C=O) groups excluding carboxylic acids is 1. The molecule has 0 bridgehead atoms. The van der Waals surface area contributed by atoms with Crippen molar-refractivity contribution >= 4 is 28.1 Å². The van der Waals surface area contributed by atoms with Gasteiger partial charge >= 0.3 is 0 Å². The Hall–Kier alpha value is -1.88. The maximum atomic E-state index is 12.5. The van der Waals surface area contributed by atoms with Gasteiger partial charge in [0.1, 0.15) is 4.88 Å². The molecule has 1 aliphatic heterocycles. The van der Waals surface area contributed by atoms with Crippen molar-refractivity contribution < 1.29 is 4.79 Å². The van der Waals surface area contributed by atoms with Crippen molar-refractivity contribution in [2.45, 2.75) is 19.8 Å². The van der Waals surface area contributed by atoms with Crippen molar-refractivity contribution in [3.63, 3.8) is 0 Å². The summed E-state index contributed by atoms with van der Waals surface area (Å²) >= 11 is 1.48. The number of aryl methyl sites for hydroxylation is 1. The number of anilines is 2. The normalized spacial score (nSPS) is 14.5. The van der Waals surface area contributed by atoms with Gasteiger partial charge in [-0.2, -0.15) is 0 Å². The van der Waals surface area contributed by atoms with Crippen molar-refractivity contribution in [3.05, 3.63) is 40.9 Å². The number of carbonyl (C=O) groups is 1. The van der Waals surface area contributed by atoms with E-state index in [9.17, 15) is 4.79 Å². The van der Waals surface area contributed by atoms with Gasteiger partial charge in [-0.3, -0.25) is 4.79 Å². The average molecular weight is 301 g/mol. The Labute approximate surface area is 129 Å². The monoisotopic (exact) mass is 301 g/mol. The van der Waals surface area contributed by atoms with Crippen LogP contribution in [0.2, 0.25) is 0 Å². The van der Waals surface area contributed by atoms with E-state index in [1.165, 1.54) is 11.3 Å². The number of nitrogens with zero attached hydrogens (tertiary/aromatic N) is 3. The van der Waals surface area contributed by atoms with E-state index in [2.05, 4.69) is 4.98 Å². The smallest absolute Gasteiger partial charge is 0.265 e. The van der Waals surface area contributed by atoms with Crippen LogP contribution in [-0.2, 0) is 0 Å². The fourth-order valence-electron chi connectivity index (χ4n) is 2.55. The summed E-state index contributed by atoms with van der Waals surface area (Å²) in [4.78, 5) is 21.8. The predicted octanol–water partition coefficient (Wildman–Crippen LogP) is 3.46. The minimum Gasteiger partial charge on any atom is -0.338 e. The maximum Gasteiger partial charge on any atom is 0.265 e. The van der Waals surface area contributed by atoms with Gasteiger partial charge in [0, 0.05) is 25.8 Å². The van der Waals surface area contributed by atoms with Crippen LogP contribution < -0.4 is 4.90 Å². The van der Waals surface area contributed by atoms with Gasteiger partial charge in [0.05, 0.1) is 5.69 Å². The summed E-state index contributed by atoms with van der Waals surface area (Å²) in [5.41, 5.74) is 1.90. The highest BCUT2D eigenvalue weighted by Gasteiger charge is 2.24. The van der Waals surface area contributed by atoms with E-state index >= 15 is 0 Å². The van der Waals surface area contributed by atoms with Gasteiger partial charge in [-0.25, -0.2) is 4.98 Å². The van der Waals surface area contributed by atoms with Gasteiger partial charge in [-0.05, 0) is 31.9 Å². The third-order valence-corrected chi connectivity index (χ3v) is 5.03. The van der Waals surface area contributed by atoms with Crippen LogP contribution in [0.25, 0.3) is 0 Å². The van der Waals surface area contributed by atoms with Crippen LogP contribution in [0.4, 0.5) is 10.8 Å². The van der Waals surface area contributed by atoms with E-state index in [0.29, 0.717) is 0 Å². The summed E-state index contributed by atoms with van der Waals surface area (Å²) in [6, 6.07) is 10.1. The fourth-order valence-corrected chi connectivity index (χ4v) is 3.57. The van der Waals surface area contributed by atoms with Gasteiger partial charge in [0.15, 0.2) is 5.13 Å². The molecule has 0 spiro atoms. The maximum absolute atomic E-state index is 12.5. The van der Waals surface area contributed by atoms with E-state index in [4.69, 9.17) is 0 Å². The van der Waals surface area contributed by atoms with Gasteiger partial charge < -0.3 is 9.80 Å². The summed E-state index contributed by atoms with van der Waals surface area (Å²) in [6.45, 7) is 3.67. The zero-order valence-electron chi connectivity index (χ0n) is 12.4. The molecule has 2 aromatic rings. The van der Waals surface area contributed by atoms with E-state index < -0.39 is 0 Å². The summed E-state index contributed by atoms with van der Waals surface area (Å²) in [6.07, 6.45) is 2.22. The first-order valence-corrected chi connectivity index (χ1v) is 8.04. The lowest BCUT2D eigenvalue weighted by molar-refractivity contribution is 0.0796. The van der Waals surface area contributed by atoms with Crippen LogP contribution in [0.15, 0.2) is 30.3 Å². The van der Waals surface area contributed by atoms with Crippen molar-refractivity contribution in [3.8, 4) is 0 Å². The number of para-hydroxylation sites is 1. The van der Waals surface area contributed by atoms with Gasteiger partial charge in [-0.1, -0.05) is 29.5 Å². The standard InChI is InChI=1S/C16H19N3OS/c1-12-14(15(20)19-10-6-7-11-19)21-16(17-12)18(2)13-8-4-3-5-9-13/h3-5,8-9H,6-7,10-11H2,1-2H3. The molecule has 5 heteroatoms. The number of hydrogen-bond donors (Lipinski definition) is 0. The Morgan fingerprint density at radius 2 is 1.90 bits per heavy atom. The third kappa shape index (κ3) is 2.78. The average Bonchev–Trinajstić information content (AvgIpc) is 3.16. The van der Waals surface area contributed by atoms with Crippen molar-refractivity contribution in [2.24, 2.45) is 0 Å². The molecule has 0 unspecified atom stereocenters. The first kappa shape index (κ1) is 14.1. The fraction of sp³-hybridized carbons (Fsp3) is 0.375. The molecule has 4 nitrogen and oxygen atoms in total. The molecule has 2 heterocycles. The third-order valence-electron chi connectivity index (χ3n) is 3.80. The van der Waals surface area contributed by atoms with Crippen LogP contribution in [0, 0.1) is 6.92 Å². The summed E-state index contributed by atoms with van der Waals surface area (Å²) in [7, 11) is 1.98. The Kier molecular flexibility index (Phi) is 3.92. The number of hydrogen-bond acceptors (Lipinski definition) is 4. The molecule has 0 radical (unpaired) electrons. The molecule has 1 aliphatic rings. The van der Waals surface area contributed by atoms with Gasteiger partial charge in [-0.15, -0.1) is 0 Å². The Morgan fingerprint density at radius 3 is 2.57 bits per heavy atom. The molecule has 110 valence electrons. The van der Waals surface area contributed by atoms with Crippen LogP contribution in [0.5, 0.6) is 0 Å². The van der Waals surface area contributed by atoms with Crippen molar-refractivity contribution in [1.29, 1.82) is 0 Å². The number of likely N-dealkylation sites (tertiary alicyclic amines) is 1. The zero-order chi connectivity index (χ0) is 14.8. The Balaban J connectivity index is 1.85. The molecule has 3 rings (SSSR count). The SMILES string of the molecule is Cc1nc(N(C)c2ccccc2)sc1C(=O)N1CCCC1. The zero-order valence-corrected chi connectivity index (χ0v) is 13.2. The quantitative estimate of drug-likeness (QED) is 0.871. The largest absolute Gasteiger partial charge is 0.338 e. The van der Waals surface area contributed by atoms with E-state index in [1.807, 2.05) is 54.1 Å². The molecule has 1 fully saturated rings. The van der Waals surface area contributed by atoms with Crippen molar-refractivity contribution in [2.75, 3.05) is 25.0 Å². The second kappa shape index (κ2) is 5.85. The molecule has 0 aliphatic carbocycles. The highest BCUT2D eigenvalue weighted by molar-refractivity contribution is 7.17. The summed E-state index contributed by atoms with van der Waals surface area (Å²) < 4.78 is 0. The summed E-state index contributed by atoms with van der Waals surface area (Å²) in [5, 5.41) is 0.862. The molecular weight excluding hydrogens is 282 g/mol. The number of benzene rings is 1. The van der Waals surface area contributed by atoms with Crippen LogP contribution in [0.3, 0.4) is 0 Å². The van der Waals surface area contributed by atoms with Gasteiger partial charge in [0.2, 0.25) is 0 Å². The molecule has 0 atom stereocenters. The van der Waals surface area contributed by atoms with Crippen molar-refractivity contribution in [1.82, 2.24) is 9.88 Å². The van der Waals surface area contributed by atoms with E-state index in [-0.39, 0.29) is 5.91 Å². The number of amides is 1. The molecular formula is C16H19N3OS. The number of thiazole rings is 1. The summed E-state index contributed by atoms with van der Waals surface area (Å²) in [5.74, 6) is 0.134. The first-order chi connectivity index (χ1) is 10.2. The molecule has 1 aromatic heterocycles. The molecule has 0 N–H and O–H groups in total. The second-order valence-corrected chi connectivity index (χ2v) is 6.28. The number of aromatic nitrogens is 1. The lowest BCUT2D eigenvalue weighted by Gasteiger charge is -2.15. The molecule has 1 aromatic carbocycles. The first-order valence-electron chi connectivity index (χ1n) is 7.22.